The van der Waals surface area contributed by atoms with E-state index in [4.69, 9.17) is 5.73 Å². The monoisotopic (exact) mass is 231 g/mol. The van der Waals surface area contributed by atoms with Gasteiger partial charge in [-0.1, -0.05) is 6.92 Å². The van der Waals surface area contributed by atoms with Gasteiger partial charge in [0, 0.05) is 30.4 Å². The lowest BCUT2D eigenvalue weighted by molar-refractivity contribution is 0.120. The molecule has 1 saturated heterocycles. The Morgan fingerprint density at radius 1 is 1.33 bits per heavy atom. The highest BCUT2D eigenvalue weighted by Gasteiger charge is 2.42. The predicted octanol–water partition coefficient (Wildman–Crippen LogP) is 0.703. The Morgan fingerprint density at radius 2 is 2.00 bits per heavy atom. The maximum absolute atomic E-state index is 6.00. The van der Waals surface area contributed by atoms with Crippen molar-refractivity contribution in [2.75, 3.05) is 46.5 Å². The SMILES string of the molecule is CC1SCCC1(CN)N(C)CCN(C)C. The average molecular weight is 231 g/mol. The van der Waals surface area contributed by atoms with E-state index in [1.807, 2.05) is 0 Å². The minimum absolute atomic E-state index is 0.237. The molecule has 0 aromatic heterocycles. The highest BCUT2D eigenvalue weighted by atomic mass is 32.2. The van der Waals surface area contributed by atoms with Gasteiger partial charge in [-0.2, -0.15) is 11.8 Å². The fourth-order valence-electron chi connectivity index (χ4n) is 2.27. The largest absolute Gasteiger partial charge is 0.329 e. The lowest BCUT2D eigenvalue weighted by Gasteiger charge is -2.41. The van der Waals surface area contributed by atoms with Crippen LogP contribution in [0.2, 0.25) is 0 Å². The average Bonchev–Trinajstić information content (AvgIpc) is 2.57. The zero-order valence-electron chi connectivity index (χ0n) is 10.5. The fraction of sp³-hybridized carbons (Fsp3) is 1.00. The Kier molecular flexibility index (Phi) is 4.90. The molecule has 0 aromatic carbocycles. The van der Waals surface area contributed by atoms with E-state index in [1.54, 1.807) is 0 Å². The van der Waals surface area contributed by atoms with E-state index in [0.717, 1.165) is 19.6 Å². The molecule has 0 spiro atoms. The van der Waals surface area contributed by atoms with Gasteiger partial charge in [-0.25, -0.2) is 0 Å². The Balaban J connectivity index is 2.57. The lowest BCUT2D eigenvalue weighted by Crippen LogP contribution is -2.57. The summed E-state index contributed by atoms with van der Waals surface area (Å²) in [5.74, 6) is 1.25. The van der Waals surface area contributed by atoms with E-state index in [1.165, 1.54) is 12.2 Å². The van der Waals surface area contributed by atoms with Crippen molar-refractivity contribution >= 4 is 11.8 Å². The summed E-state index contributed by atoms with van der Waals surface area (Å²) in [6, 6.07) is 0. The van der Waals surface area contributed by atoms with Gasteiger partial charge in [-0.05, 0) is 33.3 Å². The second kappa shape index (κ2) is 5.53. The highest BCUT2D eigenvalue weighted by molar-refractivity contribution is 8.00. The molecule has 0 radical (unpaired) electrons. The van der Waals surface area contributed by atoms with Crippen molar-refractivity contribution in [1.82, 2.24) is 9.80 Å². The van der Waals surface area contributed by atoms with Crippen LogP contribution in [0.15, 0.2) is 0 Å². The quantitative estimate of drug-likeness (QED) is 0.755. The second-order valence-electron chi connectivity index (χ2n) is 4.80. The van der Waals surface area contributed by atoms with E-state index < -0.39 is 0 Å². The lowest BCUT2D eigenvalue weighted by atomic mass is 9.91. The Labute approximate surface area is 98.4 Å². The third kappa shape index (κ3) is 2.87. The summed E-state index contributed by atoms with van der Waals surface area (Å²) < 4.78 is 0. The third-order valence-corrected chi connectivity index (χ3v) is 5.03. The van der Waals surface area contributed by atoms with Crippen LogP contribution in [0.3, 0.4) is 0 Å². The fourth-order valence-corrected chi connectivity index (χ4v) is 3.80. The van der Waals surface area contributed by atoms with Crippen molar-refractivity contribution in [3.8, 4) is 0 Å². The van der Waals surface area contributed by atoms with Crippen LogP contribution >= 0.6 is 11.8 Å². The van der Waals surface area contributed by atoms with Gasteiger partial charge >= 0.3 is 0 Å². The summed E-state index contributed by atoms with van der Waals surface area (Å²) >= 11 is 2.06. The maximum Gasteiger partial charge on any atom is 0.0452 e. The molecule has 0 saturated carbocycles. The third-order valence-electron chi connectivity index (χ3n) is 3.66. The van der Waals surface area contributed by atoms with E-state index in [-0.39, 0.29) is 5.54 Å². The first-order chi connectivity index (χ1) is 7.03. The summed E-state index contributed by atoms with van der Waals surface area (Å²) in [5.41, 5.74) is 6.23. The van der Waals surface area contributed by atoms with Gasteiger partial charge in [-0.3, -0.25) is 4.90 Å². The molecule has 1 rings (SSSR count). The molecule has 2 unspecified atom stereocenters. The molecule has 1 heterocycles. The van der Waals surface area contributed by atoms with E-state index >= 15 is 0 Å². The van der Waals surface area contributed by atoms with Crippen LogP contribution in [0.1, 0.15) is 13.3 Å². The summed E-state index contributed by atoms with van der Waals surface area (Å²) in [7, 11) is 6.46. The molecule has 1 aliphatic heterocycles. The minimum Gasteiger partial charge on any atom is -0.329 e. The van der Waals surface area contributed by atoms with Gasteiger partial charge in [0.05, 0.1) is 0 Å². The zero-order valence-corrected chi connectivity index (χ0v) is 11.3. The first-order valence-corrected chi connectivity index (χ1v) is 6.75. The molecule has 90 valence electrons. The van der Waals surface area contributed by atoms with Crippen LogP contribution in [0.5, 0.6) is 0 Å². The van der Waals surface area contributed by atoms with Crippen LogP contribution in [-0.2, 0) is 0 Å². The number of hydrogen-bond acceptors (Lipinski definition) is 4. The Hall–Kier alpha value is 0.230. The van der Waals surface area contributed by atoms with Crippen molar-refractivity contribution in [3.05, 3.63) is 0 Å². The van der Waals surface area contributed by atoms with E-state index in [2.05, 4.69) is 49.6 Å². The second-order valence-corrected chi connectivity index (χ2v) is 6.24. The van der Waals surface area contributed by atoms with Gasteiger partial charge in [-0.15, -0.1) is 0 Å². The van der Waals surface area contributed by atoms with Gasteiger partial charge in [0.2, 0.25) is 0 Å². The maximum atomic E-state index is 6.00. The Morgan fingerprint density at radius 3 is 2.40 bits per heavy atom. The molecular weight excluding hydrogens is 206 g/mol. The van der Waals surface area contributed by atoms with E-state index in [9.17, 15) is 0 Å². The van der Waals surface area contributed by atoms with Crippen molar-refractivity contribution in [2.24, 2.45) is 5.73 Å². The van der Waals surface area contributed by atoms with Crippen LogP contribution in [-0.4, -0.2) is 67.1 Å². The predicted molar refractivity (Wildman–Crippen MR) is 69.5 cm³/mol. The standard InChI is InChI=1S/C11H25N3S/c1-10-11(9-12,5-8-15-10)14(4)7-6-13(2)3/h10H,5-9,12H2,1-4H3. The van der Waals surface area contributed by atoms with Gasteiger partial charge in [0.15, 0.2) is 0 Å². The molecule has 0 bridgehead atoms. The van der Waals surface area contributed by atoms with Gasteiger partial charge in [0.25, 0.3) is 0 Å². The molecular formula is C11H25N3S. The van der Waals surface area contributed by atoms with Crippen molar-refractivity contribution in [1.29, 1.82) is 0 Å². The molecule has 4 heteroatoms. The zero-order chi connectivity index (χ0) is 11.5. The number of rotatable bonds is 5. The van der Waals surface area contributed by atoms with Crippen LogP contribution < -0.4 is 5.73 Å². The first-order valence-electron chi connectivity index (χ1n) is 5.70. The van der Waals surface area contributed by atoms with Crippen LogP contribution in [0, 0.1) is 0 Å². The number of thioether (sulfide) groups is 1. The number of hydrogen-bond donors (Lipinski definition) is 1. The topological polar surface area (TPSA) is 32.5 Å². The molecule has 0 aromatic rings. The van der Waals surface area contributed by atoms with E-state index in [0.29, 0.717) is 5.25 Å². The summed E-state index contributed by atoms with van der Waals surface area (Å²) in [5, 5.41) is 0.662. The smallest absolute Gasteiger partial charge is 0.0452 e. The Bertz CT molecular complexity index is 198. The van der Waals surface area contributed by atoms with Crippen LogP contribution in [0.25, 0.3) is 0 Å². The molecule has 1 fully saturated rings. The van der Waals surface area contributed by atoms with Crippen LogP contribution in [0.4, 0.5) is 0 Å². The number of nitrogens with zero attached hydrogens (tertiary/aromatic N) is 2. The molecule has 1 aliphatic rings. The minimum atomic E-state index is 0.237. The van der Waals surface area contributed by atoms with Crippen molar-refractivity contribution in [2.45, 2.75) is 24.1 Å². The molecule has 2 atom stereocenters. The normalized spacial score (nSPS) is 31.8. The summed E-state index contributed by atoms with van der Waals surface area (Å²) in [4.78, 5) is 4.70. The number of likely N-dealkylation sites (N-methyl/N-ethyl adjacent to an activating group) is 2. The summed E-state index contributed by atoms with van der Waals surface area (Å²) in [6.07, 6.45) is 1.24. The molecule has 0 aliphatic carbocycles. The first kappa shape index (κ1) is 13.3. The van der Waals surface area contributed by atoms with Crippen molar-refractivity contribution < 1.29 is 0 Å². The summed E-state index contributed by atoms with van der Waals surface area (Å²) in [6.45, 7) is 5.31. The number of nitrogens with two attached hydrogens (primary N) is 1. The molecule has 2 N–H and O–H groups in total. The molecule has 0 amide bonds. The highest BCUT2D eigenvalue weighted by Crippen LogP contribution is 2.38. The van der Waals surface area contributed by atoms with Gasteiger partial charge < -0.3 is 10.6 Å². The van der Waals surface area contributed by atoms with Gasteiger partial charge in [0.1, 0.15) is 0 Å². The van der Waals surface area contributed by atoms with Crippen molar-refractivity contribution in [3.63, 3.8) is 0 Å². The molecule has 3 nitrogen and oxygen atoms in total. The molecule has 15 heavy (non-hydrogen) atoms.